The minimum absolute atomic E-state index is 0.00974. The van der Waals surface area contributed by atoms with Crippen molar-refractivity contribution < 1.29 is 13.9 Å². The molecule has 0 unspecified atom stereocenters. The van der Waals surface area contributed by atoms with Crippen molar-refractivity contribution in [1.82, 2.24) is 9.80 Å². The molecule has 3 rings (SSSR count). The number of rotatable bonds is 6. The minimum atomic E-state index is -0.225. The van der Waals surface area contributed by atoms with E-state index in [0.717, 1.165) is 35.5 Å². The SMILES string of the molecule is Cc1cc(OCC(=O)N2C[C@H](C)N(Cc3ccc(F)cc3)C[C@H]2C)c(C(C)C)cc1Cl. The first-order valence-corrected chi connectivity index (χ1v) is 11.2. The molecule has 1 aliphatic heterocycles. The summed E-state index contributed by atoms with van der Waals surface area (Å²) >= 11 is 6.27. The number of hydrogen-bond acceptors (Lipinski definition) is 3. The summed E-state index contributed by atoms with van der Waals surface area (Å²) in [5.74, 6) is 0.734. The first-order valence-electron chi connectivity index (χ1n) is 10.9. The molecule has 168 valence electrons. The van der Waals surface area contributed by atoms with Gasteiger partial charge in [-0.25, -0.2) is 4.39 Å². The van der Waals surface area contributed by atoms with Crippen molar-refractivity contribution in [1.29, 1.82) is 0 Å². The molecule has 1 amide bonds. The van der Waals surface area contributed by atoms with Crippen LogP contribution in [0.2, 0.25) is 5.02 Å². The smallest absolute Gasteiger partial charge is 0.260 e. The van der Waals surface area contributed by atoms with Gasteiger partial charge in [0.05, 0.1) is 0 Å². The number of halogens is 2. The average Bonchev–Trinajstić information content (AvgIpc) is 2.72. The quantitative estimate of drug-likeness (QED) is 0.594. The predicted molar refractivity (Wildman–Crippen MR) is 123 cm³/mol. The summed E-state index contributed by atoms with van der Waals surface area (Å²) in [6, 6.07) is 10.7. The number of carbonyl (C=O) groups is 1. The second-order valence-electron chi connectivity index (χ2n) is 8.88. The van der Waals surface area contributed by atoms with E-state index in [9.17, 15) is 9.18 Å². The molecule has 0 aromatic heterocycles. The average molecular weight is 447 g/mol. The lowest BCUT2D eigenvalue weighted by atomic mass is 10.0. The fourth-order valence-corrected chi connectivity index (χ4v) is 4.23. The van der Waals surface area contributed by atoms with Crippen molar-refractivity contribution in [3.8, 4) is 5.75 Å². The normalized spacial score (nSPS) is 19.7. The summed E-state index contributed by atoms with van der Waals surface area (Å²) in [7, 11) is 0. The molecule has 1 aliphatic rings. The summed E-state index contributed by atoms with van der Waals surface area (Å²) in [5, 5.41) is 0.710. The van der Waals surface area contributed by atoms with Crippen LogP contribution in [0.3, 0.4) is 0 Å². The van der Waals surface area contributed by atoms with Crippen LogP contribution in [0.4, 0.5) is 4.39 Å². The molecule has 0 aliphatic carbocycles. The van der Waals surface area contributed by atoms with E-state index in [2.05, 4.69) is 32.6 Å². The monoisotopic (exact) mass is 446 g/mol. The largest absolute Gasteiger partial charge is 0.483 e. The molecule has 2 aromatic rings. The molecule has 2 aromatic carbocycles. The lowest BCUT2D eigenvalue weighted by molar-refractivity contribution is -0.139. The molecule has 0 bridgehead atoms. The van der Waals surface area contributed by atoms with Crippen LogP contribution in [0.5, 0.6) is 5.75 Å². The Hall–Kier alpha value is -2.11. The van der Waals surface area contributed by atoms with Crippen molar-refractivity contribution in [3.05, 3.63) is 63.9 Å². The minimum Gasteiger partial charge on any atom is -0.483 e. The van der Waals surface area contributed by atoms with Gasteiger partial charge < -0.3 is 9.64 Å². The second-order valence-corrected chi connectivity index (χ2v) is 9.29. The van der Waals surface area contributed by atoms with Gasteiger partial charge in [0, 0.05) is 36.7 Å². The van der Waals surface area contributed by atoms with E-state index < -0.39 is 0 Å². The van der Waals surface area contributed by atoms with Crippen molar-refractivity contribution in [2.24, 2.45) is 0 Å². The van der Waals surface area contributed by atoms with E-state index in [4.69, 9.17) is 16.3 Å². The molecular weight excluding hydrogens is 415 g/mol. The van der Waals surface area contributed by atoms with Gasteiger partial charge in [-0.3, -0.25) is 9.69 Å². The van der Waals surface area contributed by atoms with Crippen LogP contribution in [0.15, 0.2) is 36.4 Å². The molecule has 31 heavy (non-hydrogen) atoms. The van der Waals surface area contributed by atoms with Crippen LogP contribution in [0.1, 0.15) is 50.3 Å². The Morgan fingerprint density at radius 1 is 1.16 bits per heavy atom. The number of nitrogens with zero attached hydrogens (tertiary/aromatic N) is 2. The third-order valence-electron chi connectivity index (χ3n) is 6.00. The van der Waals surface area contributed by atoms with Gasteiger partial charge in [0.25, 0.3) is 5.91 Å². The third kappa shape index (κ3) is 5.78. The van der Waals surface area contributed by atoms with Crippen molar-refractivity contribution in [2.45, 2.75) is 59.2 Å². The molecule has 6 heteroatoms. The van der Waals surface area contributed by atoms with Gasteiger partial charge >= 0.3 is 0 Å². The Morgan fingerprint density at radius 3 is 2.48 bits per heavy atom. The zero-order valence-electron chi connectivity index (χ0n) is 19.0. The van der Waals surface area contributed by atoms with E-state index in [0.29, 0.717) is 11.6 Å². The Balaban J connectivity index is 1.62. The Labute approximate surface area is 189 Å². The zero-order chi connectivity index (χ0) is 22.7. The molecule has 0 N–H and O–H groups in total. The summed E-state index contributed by atoms with van der Waals surface area (Å²) in [5.41, 5.74) is 3.02. The number of hydrogen-bond donors (Lipinski definition) is 0. The van der Waals surface area contributed by atoms with Gasteiger partial charge in [-0.05, 0) is 67.6 Å². The highest BCUT2D eigenvalue weighted by molar-refractivity contribution is 6.31. The molecule has 0 radical (unpaired) electrons. The highest BCUT2D eigenvalue weighted by Crippen LogP contribution is 2.32. The van der Waals surface area contributed by atoms with E-state index in [-0.39, 0.29) is 36.3 Å². The fraction of sp³-hybridized carbons (Fsp3) is 0.480. The zero-order valence-corrected chi connectivity index (χ0v) is 19.7. The Kier molecular flexibility index (Phi) is 7.60. The lowest BCUT2D eigenvalue weighted by Crippen LogP contribution is -2.58. The molecule has 0 spiro atoms. The Morgan fingerprint density at radius 2 is 1.84 bits per heavy atom. The van der Waals surface area contributed by atoms with Crippen molar-refractivity contribution in [3.63, 3.8) is 0 Å². The van der Waals surface area contributed by atoms with Crippen LogP contribution in [0, 0.1) is 12.7 Å². The van der Waals surface area contributed by atoms with Gasteiger partial charge in [-0.2, -0.15) is 0 Å². The maximum absolute atomic E-state index is 13.2. The van der Waals surface area contributed by atoms with Crippen molar-refractivity contribution in [2.75, 3.05) is 19.7 Å². The molecule has 1 fully saturated rings. The lowest BCUT2D eigenvalue weighted by Gasteiger charge is -2.44. The van der Waals surface area contributed by atoms with E-state index in [1.165, 1.54) is 12.1 Å². The molecule has 2 atom stereocenters. The van der Waals surface area contributed by atoms with Gasteiger partial charge in [0.2, 0.25) is 0 Å². The van der Waals surface area contributed by atoms with Gasteiger partial charge in [0.1, 0.15) is 11.6 Å². The van der Waals surface area contributed by atoms with E-state index >= 15 is 0 Å². The van der Waals surface area contributed by atoms with Crippen LogP contribution in [0.25, 0.3) is 0 Å². The fourth-order valence-electron chi connectivity index (χ4n) is 4.06. The molecule has 4 nitrogen and oxygen atoms in total. The number of aryl methyl sites for hydroxylation is 1. The topological polar surface area (TPSA) is 32.8 Å². The molecule has 1 heterocycles. The van der Waals surface area contributed by atoms with Crippen LogP contribution >= 0.6 is 11.6 Å². The highest BCUT2D eigenvalue weighted by atomic mass is 35.5. The summed E-state index contributed by atoms with van der Waals surface area (Å²) < 4.78 is 19.1. The highest BCUT2D eigenvalue weighted by Gasteiger charge is 2.32. The second kappa shape index (κ2) is 10.0. The number of ether oxygens (including phenoxy) is 1. The van der Waals surface area contributed by atoms with Gasteiger partial charge in [-0.15, -0.1) is 0 Å². The summed E-state index contributed by atoms with van der Waals surface area (Å²) in [6.45, 7) is 12.4. The number of amides is 1. The molecular formula is C25H32ClFN2O2. The van der Waals surface area contributed by atoms with Gasteiger partial charge in [-0.1, -0.05) is 37.6 Å². The number of piperazine rings is 1. The van der Waals surface area contributed by atoms with Crippen LogP contribution in [-0.2, 0) is 11.3 Å². The van der Waals surface area contributed by atoms with Crippen LogP contribution in [-0.4, -0.2) is 47.5 Å². The summed E-state index contributed by atoms with van der Waals surface area (Å²) in [4.78, 5) is 17.2. The van der Waals surface area contributed by atoms with Crippen LogP contribution < -0.4 is 4.74 Å². The third-order valence-corrected chi connectivity index (χ3v) is 6.41. The van der Waals surface area contributed by atoms with Gasteiger partial charge in [0.15, 0.2) is 6.61 Å². The maximum Gasteiger partial charge on any atom is 0.260 e. The predicted octanol–water partition coefficient (Wildman–Crippen LogP) is 5.41. The Bertz CT molecular complexity index is 916. The standard InChI is InChI=1S/C25H32ClFN2O2/c1-16(2)22-11-23(26)17(3)10-24(22)31-15-25(30)29-13-18(4)28(12-19(29)5)14-20-6-8-21(27)9-7-20/h6-11,16,18-19H,12-15H2,1-5H3/t18-,19+/m0/s1. The first kappa shape index (κ1) is 23.6. The molecule has 0 saturated carbocycles. The van der Waals surface area contributed by atoms with Crippen molar-refractivity contribution >= 4 is 17.5 Å². The first-order chi connectivity index (χ1) is 14.7. The van der Waals surface area contributed by atoms with E-state index in [1.807, 2.05) is 36.1 Å². The summed E-state index contributed by atoms with van der Waals surface area (Å²) in [6.07, 6.45) is 0. The maximum atomic E-state index is 13.2. The molecule has 1 saturated heterocycles. The number of benzene rings is 2. The van der Waals surface area contributed by atoms with E-state index in [1.54, 1.807) is 0 Å². The number of carbonyl (C=O) groups excluding carboxylic acids is 1.